The lowest BCUT2D eigenvalue weighted by atomic mass is 9.86. The van der Waals surface area contributed by atoms with Gasteiger partial charge in [0, 0.05) is 25.3 Å². The Morgan fingerprint density at radius 3 is 1.35 bits per heavy atom. The molecule has 4 amide bonds. The zero-order valence-corrected chi connectivity index (χ0v) is 39.3. The van der Waals surface area contributed by atoms with Crippen molar-refractivity contribution in [3.63, 3.8) is 0 Å². The zero-order chi connectivity index (χ0) is 46.7. The predicted molar refractivity (Wildman–Crippen MR) is 248 cm³/mol. The van der Waals surface area contributed by atoms with Crippen LogP contribution in [0.1, 0.15) is 115 Å². The summed E-state index contributed by atoms with van der Waals surface area (Å²) in [5.74, 6) is 1.33. The Morgan fingerprint density at radius 2 is 0.985 bits per heavy atom. The summed E-state index contributed by atoms with van der Waals surface area (Å²) in [6.45, 7) is 5.66. The van der Waals surface area contributed by atoms with Gasteiger partial charge in [-0.3, -0.25) is 9.59 Å². The lowest BCUT2D eigenvalue weighted by Crippen LogP contribution is -2.54. The van der Waals surface area contributed by atoms with E-state index < -0.39 is 24.3 Å². The van der Waals surface area contributed by atoms with E-state index in [-0.39, 0.29) is 69.8 Å². The van der Waals surface area contributed by atoms with Crippen LogP contribution in [0.3, 0.4) is 0 Å². The Labute approximate surface area is 396 Å². The first-order valence-corrected chi connectivity index (χ1v) is 24.7. The molecule has 2 aromatic carbocycles. The number of alkyl carbamates (subject to hydrolysis) is 2. The van der Waals surface area contributed by atoms with Crippen LogP contribution in [-0.2, 0) is 28.5 Å². The minimum Gasteiger partial charge on any atom is -0.453 e. The van der Waals surface area contributed by atoms with Gasteiger partial charge in [0.1, 0.15) is 23.7 Å². The molecule has 4 unspecified atom stereocenters. The van der Waals surface area contributed by atoms with Crippen LogP contribution in [0.25, 0.3) is 33.6 Å². The number of piperidine rings is 2. The van der Waals surface area contributed by atoms with Crippen molar-refractivity contribution in [3.05, 3.63) is 72.6 Å². The third kappa shape index (κ3) is 7.66. The van der Waals surface area contributed by atoms with Gasteiger partial charge in [-0.15, -0.1) is 0 Å². The largest absolute Gasteiger partial charge is 0.453 e. The number of nitrogens with zero attached hydrogens (tertiary/aromatic N) is 4. The molecule has 16 heteroatoms. The normalized spacial score (nSPS) is 31.9. The summed E-state index contributed by atoms with van der Waals surface area (Å²) in [4.78, 5) is 75.3. The highest BCUT2D eigenvalue weighted by molar-refractivity contribution is 5.88. The number of methoxy groups -OCH3 is 2. The Bertz CT molecular complexity index is 2460. The zero-order valence-electron chi connectivity index (χ0n) is 39.3. The first kappa shape index (κ1) is 43.5. The highest BCUT2D eigenvalue weighted by Gasteiger charge is 2.66. The fourth-order valence-corrected chi connectivity index (χ4v) is 12.8. The van der Waals surface area contributed by atoms with E-state index >= 15 is 0 Å². The third-order valence-corrected chi connectivity index (χ3v) is 17.4. The molecule has 4 aliphatic heterocycles. The first-order chi connectivity index (χ1) is 32.8. The molecule has 0 radical (unpaired) electrons. The van der Waals surface area contributed by atoms with E-state index in [1.165, 1.54) is 14.2 Å². The second-order valence-corrected chi connectivity index (χ2v) is 22.0. The fourth-order valence-electron chi connectivity index (χ4n) is 12.8. The van der Waals surface area contributed by atoms with Crippen molar-refractivity contribution in [2.45, 2.75) is 138 Å². The molecule has 2 spiro atoms. The number of aromatic nitrogens is 4. The summed E-state index contributed by atoms with van der Waals surface area (Å²) in [5.41, 5.74) is 5.59. The molecule has 358 valence electrons. The van der Waals surface area contributed by atoms with Gasteiger partial charge < -0.3 is 49.3 Å². The molecular formula is C52H62N8O8. The van der Waals surface area contributed by atoms with Gasteiger partial charge in [0.25, 0.3) is 0 Å². The number of ether oxygens (including phenoxy) is 4. The predicted octanol–water partition coefficient (Wildman–Crippen LogP) is 7.61. The van der Waals surface area contributed by atoms with E-state index in [9.17, 15) is 19.2 Å². The Hall–Kier alpha value is -5.74. The number of hydrogen-bond acceptors (Lipinski definition) is 10. The second-order valence-electron chi connectivity index (χ2n) is 22.0. The molecule has 4 aliphatic carbocycles. The average molecular weight is 927 g/mol. The molecule has 4 saturated heterocycles. The molecule has 12 rings (SSSR count). The number of likely N-dealkylation sites (tertiary alicyclic amines) is 2. The van der Waals surface area contributed by atoms with Gasteiger partial charge >= 0.3 is 12.2 Å². The molecule has 8 fully saturated rings. The number of rotatable bonds is 11. The third-order valence-electron chi connectivity index (χ3n) is 17.4. The minimum absolute atomic E-state index is 0.0176. The van der Waals surface area contributed by atoms with Crippen LogP contribution >= 0.6 is 0 Å². The minimum atomic E-state index is -0.689. The Kier molecular flexibility index (Phi) is 10.2. The molecule has 8 aliphatic rings. The van der Waals surface area contributed by atoms with E-state index in [2.05, 4.69) is 83.0 Å². The van der Waals surface area contributed by atoms with E-state index in [1.807, 2.05) is 22.2 Å². The number of imidazole rings is 2. The number of carbonyl (C=O) groups excluding carboxylic acids is 4. The average Bonchev–Trinajstić information content (AvgIpc) is 4.32. The molecule has 10 atom stereocenters. The van der Waals surface area contributed by atoms with Crippen LogP contribution in [0.2, 0.25) is 0 Å². The van der Waals surface area contributed by atoms with Gasteiger partial charge in [0.05, 0.1) is 61.3 Å². The standard InChI is InChI=1S/C52H62N8O8/c1-49-23-37(59(39(49)25-49)45(61)41(57-47(63)65-3)33-13-19-67-51(21-33)15-16-51)43-53-27-35(55-43)31-9-5-29(6-10-31)30-7-11-32(12-8-30)36-28-54-44(56-36)38-24-50(2)26-40(50)60(38)46(62)42(58-48(64)66-4)34-14-20-68-52(22-34)17-18-52/h5-12,27-28,33-34,37-42H,13-26H2,1-4H3,(H,53,55)(H,54,56)(H,57,63)(H,58,64)/t33?,34?,37-,38-,39+,40+,41?,42?,49-,50-/m0/s1. The number of aromatic amines is 2. The summed E-state index contributed by atoms with van der Waals surface area (Å²) in [7, 11) is 2.67. The highest BCUT2D eigenvalue weighted by atomic mass is 16.5. The number of nitrogens with one attached hydrogen (secondary N) is 4. The molecule has 0 bridgehead atoms. The number of fused-ring (bicyclic) bond motifs is 2. The topological polar surface area (TPSA) is 193 Å². The van der Waals surface area contributed by atoms with Crippen LogP contribution in [0, 0.1) is 22.7 Å². The first-order valence-electron chi connectivity index (χ1n) is 24.7. The summed E-state index contributed by atoms with van der Waals surface area (Å²) >= 11 is 0. The van der Waals surface area contributed by atoms with Crippen molar-refractivity contribution >= 4 is 24.0 Å². The maximum atomic E-state index is 14.6. The van der Waals surface area contributed by atoms with Crippen LogP contribution in [0.5, 0.6) is 0 Å². The van der Waals surface area contributed by atoms with Crippen molar-refractivity contribution in [2.75, 3.05) is 27.4 Å². The van der Waals surface area contributed by atoms with Crippen LogP contribution in [0.15, 0.2) is 60.9 Å². The van der Waals surface area contributed by atoms with E-state index in [1.54, 1.807) is 0 Å². The van der Waals surface area contributed by atoms with Crippen LogP contribution in [-0.4, -0.2) is 117 Å². The quantitative estimate of drug-likeness (QED) is 0.116. The van der Waals surface area contributed by atoms with Gasteiger partial charge in [-0.2, -0.15) is 0 Å². The Balaban J connectivity index is 0.726. The van der Waals surface area contributed by atoms with Gasteiger partial charge in [0.2, 0.25) is 11.8 Å². The number of carbonyl (C=O) groups is 4. The summed E-state index contributed by atoms with van der Waals surface area (Å²) < 4.78 is 22.2. The molecule has 4 N–H and O–H groups in total. The molecule has 6 heterocycles. The monoisotopic (exact) mass is 926 g/mol. The summed E-state index contributed by atoms with van der Waals surface area (Å²) in [6, 6.07) is 15.1. The van der Waals surface area contributed by atoms with E-state index in [0.717, 1.165) is 109 Å². The van der Waals surface area contributed by atoms with Gasteiger partial charge in [-0.25, -0.2) is 19.6 Å². The molecule has 4 aromatic rings. The van der Waals surface area contributed by atoms with Gasteiger partial charge in [-0.1, -0.05) is 62.4 Å². The second kappa shape index (κ2) is 15.9. The van der Waals surface area contributed by atoms with E-state index in [0.29, 0.717) is 26.1 Å². The van der Waals surface area contributed by atoms with Crippen molar-refractivity contribution in [3.8, 4) is 33.6 Å². The molecular weight excluding hydrogens is 865 g/mol. The van der Waals surface area contributed by atoms with Crippen molar-refractivity contribution in [1.82, 2.24) is 40.4 Å². The number of H-pyrrole nitrogens is 2. The Morgan fingerprint density at radius 1 is 0.603 bits per heavy atom. The molecule has 16 nitrogen and oxygen atoms in total. The van der Waals surface area contributed by atoms with Crippen molar-refractivity contribution in [2.24, 2.45) is 22.7 Å². The lowest BCUT2D eigenvalue weighted by molar-refractivity contribution is -0.140. The number of benzene rings is 2. The summed E-state index contributed by atoms with van der Waals surface area (Å²) in [6.07, 6.45) is 12.9. The molecule has 68 heavy (non-hydrogen) atoms. The smallest absolute Gasteiger partial charge is 0.407 e. The maximum absolute atomic E-state index is 14.6. The van der Waals surface area contributed by atoms with Gasteiger partial charge in [0.15, 0.2) is 0 Å². The SMILES string of the molecule is COC(=O)NC(C(=O)N1[C@H](c2ncc(-c3ccc(-c4ccc(-c5cnc([C@@H]6C[C@@]7(C)C[C@H]7N6C(=O)C(NC(=O)OC)C6CCOC7(CC7)C6)[nH]5)cc4)cc3)[nH]2)C[C@@]2(C)C[C@@H]12)C1CCOC2(CC2)C1. The summed E-state index contributed by atoms with van der Waals surface area (Å²) in [5, 5.41) is 5.87. The van der Waals surface area contributed by atoms with Crippen molar-refractivity contribution in [1.29, 1.82) is 0 Å². The van der Waals surface area contributed by atoms with Crippen molar-refractivity contribution < 1.29 is 38.1 Å². The fraction of sp³-hybridized carbons (Fsp3) is 0.577. The molecule has 4 saturated carbocycles. The van der Waals surface area contributed by atoms with Crippen LogP contribution in [0.4, 0.5) is 9.59 Å². The number of amides is 4. The van der Waals surface area contributed by atoms with Gasteiger partial charge in [-0.05, 0) is 122 Å². The molecule has 2 aromatic heterocycles. The number of hydrogen-bond donors (Lipinski definition) is 4. The maximum Gasteiger partial charge on any atom is 0.407 e. The van der Waals surface area contributed by atoms with Crippen LogP contribution < -0.4 is 10.6 Å². The lowest BCUT2D eigenvalue weighted by Gasteiger charge is -2.37. The van der Waals surface area contributed by atoms with E-state index in [4.69, 9.17) is 28.9 Å². The highest BCUT2D eigenvalue weighted by Crippen LogP contribution is 2.64.